The lowest BCUT2D eigenvalue weighted by molar-refractivity contribution is 1.08. The maximum atomic E-state index is 5.21. The third-order valence-electron chi connectivity index (χ3n) is 9.48. The van der Waals surface area contributed by atoms with E-state index in [1.807, 2.05) is 6.07 Å². The fourth-order valence-corrected chi connectivity index (χ4v) is 8.30. The van der Waals surface area contributed by atoms with E-state index >= 15 is 0 Å². The largest absolute Gasteiger partial charge is 0.309 e. The second-order valence-corrected chi connectivity index (χ2v) is 13.5. The van der Waals surface area contributed by atoms with Crippen molar-refractivity contribution in [2.24, 2.45) is 0 Å². The van der Waals surface area contributed by atoms with E-state index in [9.17, 15) is 0 Å². The van der Waals surface area contributed by atoms with E-state index in [2.05, 4.69) is 168 Å². The molecule has 0 atom stereocenters. The van der Waals surface area contributed by atoms with Crippen molar-refractivity contribution in [3.05, 3.63) is 170 Å². The Labute approximate surface area is 292 Å². The van der Waals surface area contributed by atoms with Gasteiger partial charge in [-0.1, -0.05) is 121 Å². The van der Waals surface area contributed by atoms with Crippen molar-refractivity contribution in [2.45, 2.75) is 0 Å². The van der Waals surface area contributed by atoms with Gasteiger partial charge in [-0.3, -0.25) is 0 Å². The fraction of sp³-hybridized carbons (Fsp3) is 0. The van der Waals surface area contributed by atoms with Gasteiger partial charge in [0.25, 0.3) is 0 Å². The lowest BCUT2D eigenvalue weighted by atomic mass is 10.0. The van der Waals surface area contributed by atoms with Crippen LogP contribution in [0, 0.1) is 0 Å². The van der Waals surface area contributed by atoms with Crippen LogP contribution in [0.2, 0.25) is 0 Å². The summed E-state index contributed by atoms with van der Waals surface area (Å²) in [5, 5.41) is 4.81. The molecule has 3 aromatic heterocycles. The van der Waals surface area contributed by atoms with Crippen molar-refractivity contribution >= 4 is 53.3 Å². The van der Waals surface area contributed by atoms with E-state index in [4.69, 9.17) is 15.0 Å². The van der Waals surface area contributed by atoms with Gasteiger partial charge in [0, 0.05) is 53.3 Å². The lowest BCUT2D eigenvalue weighted by Gasteiger charge is -2.10. The van der Waals surface area contributed by atoms with Crippen LogP contribution in [0.25, 0.3) is 93.0 Å². The second-order valence-electron chi connectivity index (χ2n) is 12.5. The number of fused-ring (bicyclic) bond motifs is 6. The van der Waals surface area contributed by atoms with Crippen LogP contribution in [0.3, 0.4) is 0 Å². The molecule has 0 aliphatic carbocycles. The van der Waals surface area contributed by atoms with Gasteiger partial charge in [0.1, 0.15) is 0 Å². The molecule has 0 spiro atoms. The average Bonchev–Trinajstić information content (AvgIpc) is 3.74. The summed E-state index contributed by atoms with van der Waals surface area (Å²) in [5.41, 5.74) is 8.67. The van der Waals surface area contributed by atoms with Gasteiger partial charge < -0.3 is 4.57 Å². The van der Waals surface area contributed by atoms with Crippen LogP contribution in [-0.4, -0.2) is 19.5 Å². The number of para-hydroxylation sites is 2. The van der Waals surface area contributed by atoms with Crippen LogP contribution < -0.4 is 0 Å². The molecule has 0 fully saturated rings. The zero-order valence-corrected chi connectivity index (χ0v) is 27.7. The molecule has 0 aliphatic heterocycles. The van der Waals surface area contributed by atoms with Crippen molar-refractivity contribution in [1.29, 1.82) is 0 Å². The van der Waals surface area contributed by atoms with Crippen LogP contribution >= 0.6 is 11.3 Å². The average molecular weight is 657 g/mol. The minimum absolute atomic E-state index is 0.647. The van der Waals surface area contributed by atoms with Crippen LogP contribution in [0.15, 0.2) is 170 Å². The monoisotopic (exact) mass is 656 g/mol. The summed E-state index contributed by atoms with van der Waals surface area (Å²) in [6, 6.07) is 59.7. The highest BCUT2D eigenvalue weighted by molar-refractivity contribution is 7.26. The molecule has 0 saturated heterocycles. The third-order valence-corrected chi connectivity index (χ3v) is 10.7. The van der Waals surface area contributed by atoms with Gasteiger partial charge in [0.05, 0.1) is 11.0 Å². The van der Waals surface area contributed by atoms with Crippen LogP contribution in [0.1, 0.15) is 0 Å². The summed E-state index contributed by atoms with van der Waals surface area (Å²) in [7, 11) is 0. The smallest absolute Gasteiger partial charge is 0.165 e. The minimum atomic E-state index is 0.647. The number of nitrogens with zero attached hydrogens (tertiary/aromatic N) is 4. The van der Waals surface area contributed by atoms with Crippen molar-refractivity contribution in [1.82, 2.24) is 19.5 Å². The zero-order chi connectivity index (χ0) is 33.0. The summed E-state index contributed by atoms with van der Waals surface area (Å²) < 4.78 is 4.76. The van der Waals surface area contributed by atoms with Crippen molar-refractivity contribution in [3.63, 3.8) is 0 Å². The van der Waals surface area contributed by atoms with E-state index < -0.39 is 0 Å². The molecule has 50 heavy (non-hydrogen) atoms. The van der Waals surface area contributed by atoms with Gasteiger partial charge in [-0.05, 0) is 59.7 Å². The first-order chi connectivity index (χ1) is 24.8. The Morgan fingerprint density at radius 1 is 0.380 bits per heavy atom. The Bertz CT molecular complexity index is 2850. The molecule has 7 aromatic carbocycles. The third kappa shape index (κ3) is 4.71. The van der Waals surface area contributed by atoms with Crippen molar-refractivity contribution in [3.8, 4) is 51.0 Å². The SMILES string of the molecule is c1ccc(-c2ccc(-c3nc(-c4ccc5c(c4)c4ccccc4n5-c4ccccc4)nc(-c4cccc5c4sc4ccccc45)n3)cc2)cc1. The van der Waals surface area contributed by atoms with Gasteiger partial charge in [-0.15, -0.1) is 11.3 Å². The van der Waals surface area contributed by atoms with Crippen LogP contribution in [-0.2, 0) is 0 Å². The molecule has 0 bridgehead atoms. The number of thiophene rings is 1. The highest BCUT2D eigenvalue weighted by atomic mass is 32.1. The van der Waals surface area contributed by atoms with Gasteiger partial charge in [0.2, 0.25) is 0 Å². The fourth-order valence-electron chi connectivity index (χ4n) is 7.09. The first kappa shape index (κ1) is 28.6. The molecular formula is C45H28N4S. The summed E-state index contributed by atoms with van der Waals surface area (Å²) in [5.74, 6) is 1.96. The minimum Gasteiger partial charge on any atom is -0.309 e. The predicted octanol–water partition coefficient (Wildman–Crippen LogP) is 12.0. The molecule has 0 amide bonds. The zero-order valence-electron chi connectivity index (χ0n) is 26.9. The van der Waals surface area contributed by atoms with Gasteiger partial charge in [-0.2, -0.15) is 0 Å². The molecular weight excluding hydrogens is 629 g/mol. The summed E-state index contributed by atoms with van der Waals surface area (Å²) in [6.45, 7) is 0. The van der Waals surface area contributed by atoms with Gasteiger partial charge >= 0.3 is 0 Å². The summed E-state index contributed by atoms with van der Waals surface area (Å²) >= 11 is 1.79. The highest BCUT2D eigenvalue weighted by Crippen LogP contribution is 2.40. The molecule has 0 radical (unpaired) electrons. The Morgan fingerprint density at radius 2 is 0.960 bits per heavy atom. The van der Waals surface area contributed by atoms with E-state index in [0.29, 0.717) is 17.5 Å². The number of benzene rings is 7. The standard InChI is InChI=1S/C45H28N4S/c1-3-12-29(13-4-1)30-22-24-31(25-23-30)43-46-44(48-45(47-43)37-19-11-18-36-35-17-8-10-21-41(35)50-42(36)37)32-26-27-40-38(28-32)34-16-7-9-20-39(34)49(40)33-14-5-2-6-15-33/h1-28H. The molecule has 0 aliphatic rings. The lowest BCUT2D eigenvalue weighted by Crippen LogP contribution is -2.00. The van der Waals surface area contributed by atoms with Gasteiger partial charge in [0.15, 0.2) is 17.5 Å². The molecule has 0 N–H and O–H groups in total. The van der Waals surface area contributed by atoms with Crippen molar-refractivity contribution < 1.29 is 0 Å². The number of aromatic nitrogens is 4. The second kappa shape index (κ2) is 11.6. The Hall–Kier alpha value is -6.43. The molecule has 0 saturated carbocycles. The number of hydrogen-bond acceptors (Lipinski definition) is 4. The van der Waals surface area contributed by atoms with Crippen LogP contribution in [0.4, 0.5) is 0 Å². The molecule has 10 aromatic rings. The van der Waals surface area contributed by atoms with Crippen molar-refractivity contribution in [2.75, 3.05) is 0 Å². The molecule has 10 rings (SSSR count). The van der Waals surface area contributed by atoms with E-state index in [1.165, 1.54) is 31.1 Å². The maximum absolute atomic E-state index is 5.21. The molecule has 234 valence electrons. The molecule has 3 heterocycles. The first-order valence-electron chi connectivity index (χ1n) is 16.7. The number of hydrogen-bond donors (Lipinski definition) is 0. The summed E-state index contributed by atoms with van der Waals surface area (Å²) in [4.78, 5) is 15.5. The van der Waals surface area contributed by atoms with Crippen LogP contribution in [0.5, 0.6) is 0 Å². The van der Waals surface area contributed by atoms with Gasteiger partial charge in [-0.25, -0.2) is 15.0 Å². The summed E-state index contributed by atoms with van der Waals surface area (Å²) in [6.07, 6.45) is 0. The normalized spacial score (nSPS) is 11.6. The number of rotatable bonds is 5. The Morgan fingerprint density at radius 3 is 1.78 bits per heavy atom. The first-order valence-corrected chi connectivity index (χ1v) is 17.5. The molecule has 5 heteroatoms. The quantitative estimate of drug-likeness (QED) is 0.185. The van der Waals surface area contributed by atoms with E-state index in [1.54, 1.807) is 11.3 Å². The predicted molar refractivity (Wildman–Crippen MR) is 209 cm³/mol. The maximum Gasteiger partial charge on any atom is 0.165 e. The molecule has 4 nitrogen and oxygen atoms in total. The molecule has 0 unspecified atom stereocenters. The van der Waals surface area contributed by atoms with E-state index in [-0.39, 0.29) is 0 Å². The highest BCUT2D eigenvalue weighted by Gasteiger charge is 2.18. The van der Waals surface area contributed by atoms with E-state index in [0.717, 1.165) is 44.4 Å². The Kier molecular flexibility index (Phi) is 6.64. The topological polar surface area (TPSA) is 43.6 Å². The Balaban J connectivity index is 1.18.